The quantitative estimate of drug-likeness (QED) is 0.654. The normalized spacial score (nSPS) is 14.6. The molecule has 6 nitrogen and oxygen atoms in total. The summed E-state index contributed by atoms with van der Waals surface area (Å²) in [7, 11) is 0. The Morgan fingerprint density at radius 1 is 1.23 bits per heavy atom. The largest absolute Gasteiger partial charge is 0.491 e. The summed E-state index contributed by atoms with van der Waals surface area (Å²) in [6, 6.07) is 14.9. The SMILES string of the molecule is CC(CC(=O)N1CCOc2cc(C(=O)NO)ccc2C1)c1ccccc1. The Balaban J connectivity index is 1.70. The maximum atomic E-state index is 12.7. The summed E-state index contributed by atoms with van der Waals surface area (Å²) < 4.78 is 5.70. The first-order chi connectivity index (χ1) is 12.6. The Hall–Kier alpha value is -2.86. The molecular weight excluding hydrogens is 332 g/mol. The molecule has 1 heterocycles. The number of nitrogens with one attached hydrogen (secondary N) is 1. The number of hydroxylamine groups is 1. The van der Waals surface area contributed by atoms with Crippen molar-refractivity contribution in [2.24, 2.45) is 0 Å². The lowest BCUT2D eigenvalue weighted by Gasteiger charge is -2.22. The molecule has 0 radical (unpaired) electrons. The van der Waals surface area contributed by atoms with Crippen LogP contribution in [0.4, 0.5) is 0 Å². The van der Waals surface area contributed by atoms with E-state index < -0.39 is 5.91 Å². The molecule has 0 fully saturated rings. The van der Waals surface area contributed by atoms with Gasteiger partial charge in [0.1, 0.15) is 12.4 Å². The number of nitrogens with zero attached hydrogens (tertiary/aromatic N) is 1. The number of hydrogen-bond donors (Lipinski definition) is 2. The Morgan fingerprint density at radius 3 is 2.73 bits per heavy atom. The monoisotopic (exact) mass is 354 g/mol. The van der Waals surface area contributed by atoms with Crippen molar-refractivity contribution < 1.29 is 19.5 Å². The highest BCUT2D eigenvalue weighted by Crippen LogP contribution is 2.26. The topological polar surface area (TPSA) is 78.9 Å². The molecule has 2 aromatic rings. The van der Waals surface area contributed by atoms with Gasteiger partial charge in [-0.15, -0.1) is 0 Å². The van der Waals surface area contributed by atoms with Crippen LogP contribution < -0.4 is 10.2 Å². The molecule has 6 heteroatoms. The first kappa shape index (κ1) is 17.9. The molecule has 3 rings (SSSR count). The summed E-state index contributed by atoms with van der Waals surface area (Å²) in [4.78, 5) is 26.1. The van der Waals surface area contributed by atoms with E-state index in [-0.39, 0.29) is 11.8 Å². The number of benzene rings is 2. The highest BCUT2D eigenvalue weighted by Gasteiger charge is 2.22. The van der Waals surface area contributed by atoms with Crippen molar-refractivity contribution in [3.05, 3.63) is 65.2 Å². The average Bonchev–Trinajstić information content (AvgIpc) is 2.89. The smallest absolute Gasteiger partial charge is 0.274 e. The Morgan fingerprint density at radius 2 is 2.00 bits per heavy atom. The van der Waals surface area contributed by atoms with E-state index in [0.29, 0.717) is 37.4 Å². The second kappa shape index (κ2) is 8.01. The summed E-state index contributed by atoms with van der Waals surface area (Å²) in [5, 5.41) is 8.75. The van der Waals surface area contributed by atoms with Gasteiger partial charge in [0.05, 0.1) is 6.54 Å². The van der Waals surface area contributed by atoms with Crippen molar-refractivity contribution in [3.8, 4) is 5.75 Å². The van der Waals surface area contributed by atoms with Gasteiger partial charge in [-0.05, 0) is 23.6 Å². The minimum absolute atomic E-state index is 0.0787. The zero-order valence-electron chi connectivity index (χ0n) is 14.6. The van der Waals surface area contributed by atoms with E-state index in [0.717, 1.165) is 11.1 Å². The van der Waals surface area contributed by atoms with Crippen LogP contribution in [0.25, 0.3) is 0 Å². The number of amides is 2. The molecule has 0 aliphatic carbocycles. The van der Waals surface area contributed by atoms with E-state index in [1.54, 1.807) is 28.6 Å². The standard InChI is InChI=1S/C20H22N2O4/c1-14(15-5-3-2-4-6-15)11-19(23)22-9-10-26-18-12-16(20(24)21-25)7-8-17(18)13-22/h2-8,12,14,25H,9-11,13H2,1H3,(H,21,24). The predicted molar refractivity (Wildman–Crippen MR) is 96.1 cm³/mol. The van der Waals surface area contributed by atoms with E-state index in [1.807, 2.05) is 30.3 Å². The molecule has 2 aromatic carbocycles. The van der Waals surface area contributed by atoms with Crippen LogP contribution in [0.2, 0.25) is 0 Å². The minimum atomic E-state index is -0.592. The first-order valence-corrected chi connectivity index (χ1v) is 8.61. The van der Waals surface area contributed by atoms with Crippen LogP contribution in [-0.4, -0.2) is 35.1 Å². The first-order valence-electron chi connectivity index (χ1n) is 8.61. The lowest BCUT2D eigenvalue weighted by molar-refractivity contribution is -0.132. The zero-order valence-corrected chi connectivity index (χ0v) is 14.6. The Kier molecular flexibility index (Phi) is 5.53. The van der Waals surface area contributed by atoms with Crippen LogP contribution in [0.3, 0.4) is 0 Å². The summed E-state index contributed by atoms with van der Waals surface area (Å²) in [6.07, 6.45) is 0.435. The molecule has 0 saturated carbocycles. The van der Waals surface area contributed by atoms with Crippen LogP contribution >= 0.6 is 0 Å². The van der Waals surface area contributed by atoms with Gasteiger partial charge in [0.2, 0.25) is 5.91 Å². The van der Waals surface area contributed by atoms with E-state index in [4.69, 9.17) is 9.94 Å². The van der Waals surface area contributed by atoms with Crippen LogP contribution in [-0.2, 0) is 11.3 Å². The molecular formula is C20H22N2O4. The Bertz CT molecular complexity index is 792. The minimum Gasteiger partial charge on any atom is -0.491 e. The third-order valence-electron chi connectivity index (χ3n) is 4.61. The summed E-state index contributed by atoms with van der Waals surface area (Å²) in [5.41, 5.74) is 3.91. The number of carbonyl (C=O) groups excluding carboxylic acids is 2. The maximum absolute atomic E-state index is 12.7. The van der Waals surface area contributed by atoms with Crippen LogP contribution in [0.15, 0.2) is 48.5 Å². The fourth-order valence-corrected chi connectivity index (χ4v) is 3.08. The number of fused-ring (bicyclic) bond motifs is 1. The van der Waals surface area contributed by atoms with Gasteiger partial charge in [0.25, 0.3) is 5.91 Å². The van der Waals surface area contributed by atoms with Gasteiger partial charge in [-0.3, -0.25) is 14.8 Å². The second-order valence-corrected chi connectivity index (χ2v) is 6.44. The van der Waals surface area contributed by atoms with Crippen molar-refractivity contribution >= 4 is 11.8 Å². The van der Waals surface area contributed by atoms with Gasteiger partial charge in [0, 0.05) is 24.1 Å². The molecule has 1 aliphatic rings. The lowest BCUT2D eigenvalue weighted by Crippen LogP contribution is -2.33. The average molecular weight is 354 g/mol. The maximum Gasteiger partial charge on any atom is 0.274 e. The molecule has 1 unspecified atom stereocenters. The molecule has 136 valence electrons. The highest BCUT2D eigenvalue weighted by atomic mass is 16.5. The molecule has 2 amide bonds. The Labute approximate surface area is 152 Å². The van der Waals surface area contributed by atoms with Crippen molar-refractivity contribution in [2.45, 2.75) is 25.8 Å². The van der Waals surface area contributed by atoms with Gasteiger partial charge < -0.3 is 9.64 Å². The van der Waals surface area contributed by atoms with Crippen molar-refractivity contribution in [2.75, 3.05) is 13.2 Å². The number of hydrogen-bond acceptors (Lipinski definition) is 4. The van der Waals surface area contributed by atoms with Crippen LogP contribution in [0, 0.1) is 0 Å². The second-order valence-electron chi connectivity index (χ2n) is 6.44. The summed E-state index contributed by atoms with van der Waals surface area (Å²) >= 11 is 0. The molecule has 26 heavy (non-hydrogen) atoms. The third kappa shape index (κ3) is 4.03. The fraction of sp³-hybridized carbons (Fsp3) is 0.300. The highest BCUT2D eigenvalue weighted by molar-refractivity contribution is 5.93. The van der Waals surface area contributed by atoms with E-state index in [2.05, 4.69) is 6.92 Å². The van der Waals surface area contributed by atoms with Gasteiger partial charge in [-0.1, -0.05) is 43.3 Å². The summed E-state index contributed by atoms with van der Waals surface area (Å²) in [5.74, 6) is 0.195. The van der Waals surface area contributed by atoms with E-state index in [1.165, 1.54) is 0 Å². The number of carbonyl (C=O) groups is 2. The molecule has 0 aromatic heterocycles. The van der Waals surface area contributed by atoms with E-state index in [9.17, 15) is 9.59 Å². The van der Waals surface area contributed by atoms with Crippen LogP contribution in [0.1, 0.15) is 40.7 Å². The van der Waals surface area contributed by atoms with Gasteiger partial charge in [-0.2, -0.15) is 0 Å². The van der Waals surface area contributed by atoms with Gasteiger partial charge in [-0.25, -0.2) is 5.48 Å². The van der Waals surface area contributed by atoms with Gasteiger partial charge in [0.15, 0.2) is 0 Å². The zero-order chi connectivity index (χ0) is 18.5. The summed E-state index contributed by atoms with van der Waals surface area (Å²) in [6.45, 7) is 3.35. The molecule has 2 N–H and O–H groups in total. The molecule has 0 spiro atoms. The molecule has 1 aliphatic heterocycles. The van der Waals surface area contributed by atoms with Crippen LogP contribution in [0.5, 0.6) is 5.75 Å². The predicted octanol–water partition coefficient (Wildman–Crippen LogP) is 2.72. The molecule has 0 saturated heterocycles. The molecule has 0 bridgehead atoms. The number of rotatable bonds is 4. The van der Waals surface area contributed by atoms with Gasteiger partial charge >= 0.3 is 0 Å². The van der Waals surface area contributed by atoms with Crippen molar-refractivity contribution in [3.63, 3.8) is 0 Å². The van der Waals surface area contributed by atoms with E-state index >= 15 is 0 Å². The fourth-order valence-electron chi connectivity index (χ4n) is 3.08. The lowest BCUT2D eigenvalue weighted by atomic mass is 9.97. The van der Waals surface area contributed by atoms with Crippen molar-refractivity contribution in [1.29, 1.82) is 0 Å². The molecule has 1 atom stereocenters. The number of ether oxygens (including phenoxy) is 1. The van der Waals surface area contributed by atoms with Crippen molar-refractivity contribution in [1.82, 2.24) is 10.4 Å². The third-order valence-corrected chi connectivity index (χ3v) is 4.61.